The van der Waals surface area contributed by atoms with E-state index in [1.54, 1.807) is 6.92 Å². The van der Waals surface area contributed by atoms with Gasteiger partial charge < -0.3 is 15.6 Å². The third-order valence-corrected chi connectivity index (χ3v) is 2.58. The average molecular weight is 278 g/mol. The number of aromatic hydroxyl groups is 1. The topological polar surface area (TPSA) is 55.5 Å². The van der Waals surface area contributed by atoms with Gasteiger partial charge in [-0.1, -0.05) is 0 Å². The van der Waals surface area contributed by atoms with Crippen LogP contribution < -0.4 is 10.5 Å². The van der Waals surface area contributed by atoms with Crippen LogP contribution in [0.1, 0.15) is 12.5 Å². The lowest BCUT2D eigenvalue weighted by Gasteiger charge is -2.13. The van der Waals surface area contributed by atoms with Gasteiger partial charge in [-0.3, -0.25) is 0 Å². The molecule has 1 aromatic rings. The molecule has 1 rings (SSSR count). The number of hydrogen-bond acceptors (Lipinski definition) is 3. The Bertz CT molecular complexity index is 369. The lowest BCUT2D eigenvalue weighted by atomic mass is 10.1. The fraction of sp³-hybridized carbons (Fsp3) is 0.400. The highest BCUT2D eigenvalue weighted by molar-refractivity contribution is 9.10. The van der Waals surface area contributed by atoms with Crippen LogP contribution in [-0.2, 0) is 6.42 Å². The van der Waals surface area contributed by atoms with Crippen molar-refractivity contribution in [2.45, 2.75) is 19.4 Å². The molecule has 0 aliphatic rings. The second-order valence-corrected chi connectivity index (χ2v) is 4.24. The van der Waals surface area contributed by atoms with Gasteiger partial charge in [0.1, 0.15) is 5.82 Å². The maximum Gasteiger partial charge on any atom is 0.175 e. The van der Waals surface area contributed by atoms with E-state index in [0.717, 1.165) is 0 Å². The minimum absolute atomic E-state index is 0.185. The zero-order valence-corrected chi connectivity index (χ0v) is 10.1. The van der Waals surface area contributed by atoms with Crippen molar-refractivity contribution in [3.8, 4) is 11.5 Å². The van der Waals surface area contributed by atoms with Crippen molar-refractivity contribution in [2.75, 3.05) is 7.11 Å². The Kier molecular flexibility index (Phi) is 3.93. The van der Waals surface area contributed by atoms with E-state index in [0.29, 0.717) is 4.47 Å². The monoisotopic (exact) mass is 277 g/mol. The van der Waals surface area contributed by atoms with Crippen LogP contribution in [0.2, 0.25) is 0 Å². The summed E-state index contributed by atoms with van der Waals surface area (Å²) in [4.78, 5) is 0. The van der Waals surface area contributed by atoms with E-state index >= 15 is 0 Å². The first-order chi connectivity index (χ1) is 6.97. The van der Waals surface area contributed by atoms with Gasteiger partial charge in [-0.15, -0.1) is 0 Å². The van der Waals surface area contributed by atoms with E-state index in [4.69, 9.17) is 10.5 Å². The molecular formula is C10H13BrFNO2. The summed E-state index contributed by atoms with van der Waals surface area (Å²) in [6.45, 7) is 1.74. The van der Waals surface area contributed by atoms with Crippen molar-refractivity contribution in [3.05, 3.63) is 21.9 Å². The molecule has 5 heteroatoms. The van der Waals surface area contributed by atoms with Crippen molar-refractivity contribution in [3.63, 3.8) is 0 Å². The van der Waals surface area contributed by atoms with Gasteiger partial charge in [0.15, 0.2) is 11.5 Å². The van der Waals surface area contributed by atoms with Crippen LogP contribution in [0.4, 0.5) is 4.39 Å². The Hall–Kier alpha value is -0.810. The predicted octanol–water partition coefficient (Wildman–Crippen LogP) is 2.19. The zero-order chi connectivity index (χ0) is 11.6. The van der Waals surface area contributed by atoms with Gasteiger partial charge in [0.2, 0.25) is 0 Å². The minimum atomic E-state index is -0.488. The van der Waals surface area contributed by atoms with E-state index in [1.807, 2.05) is 0 Å². The fourth-order valence-electron chi connectivity index (χ4n) is 1.34. The van der Waals surface area contributed by atoms with Gasteiger partial charge in [-0.25, -0.2) is 4.39 Å². The molecule has 1 aromatic carbocycles. The van der Waals surface area contributed by atoms with Crippen molar-refractivity contribution >= 4 is 15.9 Å². The van der Waals surface area contributed by atoms with E-state index in [2.05, 4.69) is 15.9 Å². The summed E-state index contributed by atoms with van der Waals surface area (Å²) < 4.78 is 18.8. The first kappa shape index (κ1) is 12.3. The highest BCUT2D eigenvalue weighted by atomic mass is 79.9. The highest BCUT2D eigenvalue weighted by Crippen LogP contribution is 2.39. The molecule has 1 unspecified atom stereocenters. The van der Waals surface area contributed by atoms with Gasteiger partial charge >= 0.3 is 0 Å². The molecule has 0 fully saturated rings. The van der Waals surface area contributed by atoms with E-state index < -0.39 is 5.82 Å². The summed E-state index contributed by atoms with van der Waals surface area (Å²) in [7, 11) is 1.41. The van der Waals surface area contributed by atoms with Crippen LogP contribution in [0.3, 0.4) is 0 Å². The number of methoxy groups -OCH3 is 1. The molecule has 0 aromatic heterocycles. The summed E-state index contributed by atoms with van der Waals surface area (Å²) in [6.07, 6.45) is 0.265. The number of nitrogens with two attached hydrogens (primary N) is 1. The number of halogens is 2. The van der Waals surface area contributed by atoms with Crippen LogP contribution in [0.15, 0.2) is 10.5 Å². The second kappa shape index (κ2) is 4.81. The highest BCUT2D eigenvalue weighted by Gasteiger charge is 2.18. The van der Waals surface area contributed by atoms with Gasteiger partial charge in [0.05, 0.1) is 11.6 Å². The minimum Gasteiger partial charge on any atom is -0.504 e. The first-order valence-electron chi connectivity index (χ1n) is 4.46. The SMILES string of the molecule is COc1c(Br)cc(F)c(CC(C)N)c1O. The quantitative estimate of drug-likeness (QED) is 0.891. The molecule has 0 spiro atoms. The lowest BCUT2D eigenvalue weighted by Crippen LogP contribution is -2.18. The Balaban J connectivity index is 3.26. The third kappa shape index (κ3) is 2.60. The molecule has 3 N–H and O–H groups in total. The van der Waals surface area contributed by atoms with Crippen LogP contribution in [0.25, 0.3) is 0 Å². The van der Waals surface area contributed by atoms with Crippen LogP contribution >= 0.6 is 15.9 Å². The molecule has 15 heavy (non-hydrogen) atoms. The molecule has 0 radical (unpaired) electrons. The Morgan fingerprint density at radius 2 is 2.27 bits per heavy atom. The predicted molar refractivity (Wildman–Crippen MR) is 59.7 cm³/mol. The lowest BCUT2D eigenvalue weighted by molar-refractivity contribution is 0.363. The summed E-state index contributed by atoms with van der Waals surface area (Å²) >= 11 is 3.10. The van der Waals surface area contributed by atoms with Crippen molar-refractivity contribution in [1.29, 1.82) is 0 Å². The van der Waals surface area contributed by atoms with E-state index in [1.165, 1.54) is 13.2 Å². The summed E-state index contributed by atoms with van der Waals surface area (Å²) in [5.41, 5.74) is 5.75. The maximum atomic E-state index is 13.5. The standard InChI is InChI=1S/C10H13BrFNO2/c1-5(13)3-6-8(12)4-7(11)10(15-2)9(6)14/h4-5,14H,3,13H2,1-2H3. The second-order valence-electron chi connectivity index (χ2n) is 3.38. The van der Waals surface area contributed by atoms with Gasteiger partial charge in [0.25, 0.3) is 0 Å². The van der Waals surface area contributed by atoms with Gasteiger partial charge in [-0.2, -0.15) is 0 Å². The number of ether oxygens (including phenoxy) is 1. The Morgan fingerprint density at radius 1 is 1.67 bits per heavy atom. The van der Waals surface area contributed by atoms with Crippen LogP contribution in [0, 0.1) is 5.82 Å². The van der Waals surface area contributed by atoms with E-state index in [9.17, 15) is 9.50 Å². The van der Waals surface area contributed by atoms with Crippen LogP contribution in [0.5, 0.6) is 11.5 Å². The van der Waals surface area contributed by atoms with Crippen molar-refractivity contribution in [1.82, 2.24) is 0 Å². The van der Waals surface area contributed by atoms with Crippen molar-refractivity contribution < 1.29 is 14.2 Å². The molecular weight excluding hydrogens is 265 g/mol. The zero-order valence-electron chi connectivity index (χ0n) is 8.55. The summed E-state index contributed by atoms with van der Waals surface area (Å²) in [5, 5.41) is 9.75. The molecule has 0 saturated heterocycles. The fourth-order valence-corrected chi connectivity index (χ4v) is 1.89. The molecule has 3 nitrogen and oxygen atoms in total. The maximum absolute atomic E-state index is 13.5. The molecule has 0 heterocycles. The molecule has 0 bridgehead atoms. The normalized spacial score (nSPS) is 12.6. The number of benzene rings is 1. The largest absolute Gasteiger partial charge is 0.504 e. The molecule has 1 atom stereocenters. The average Bonchev–Trinajstić information content (AvgIpc) is 2.12. The first-order valence-corrected chi connectivity index (χ1v) is 5.26. The molecule has 0 amide bonds. The van der Waals surface area contributed by atoms with E-state index in [-0.39, 0.29) is 29.5 Å². The molecule has 0 saturated carbocycles. The summed E-state index contributed by atoms with van der Waals surface area (Å²) in [6, 6.07) is 1.03. The number of phenolic OH excluding ortho intramolecular Hbond substituents is 1. The number of hydrogen-bond donors (Lipinski definition) is 2. The smallest absolute Gasteiger partial charge is 0.175 e. The summed E-state index contributed by atoms with van der Waals surface area (Å²) in [5.74, 6) is -0.453. The number of phenols is 1. The van der Waals surface area contributed by atoms with Gasteiger partial charge in [-0.05, 0) is 35.3 Å². The Labute approximate surface area is 96.2 Å². The Morgan fingerprint density at radius 3 is 2.73 bits per heavy atom. The third-order valence-electron chi connectivity index (χ3n) is 1.99. The van der Waals surface area contributed by atoms with Crippen molar-refractivity contribution in [2.24, 2.45) is 5.73 Å². The molecule has 0 aliphatic heterocycles. The molecule has 84 valence electrons. The molecule has 0 aliphatic carbocycles. The van der Waals surface area contributed by atoms with Crippen LogP contribution in [-0.4, -0.2) is 18.3 Å². The number of rotatable bonds is 3. The van der Waals surface area contributed by atoms with Gasteiger partial charge in [0, 0.05) is 11.6 Å².